The number of benzene rings is 2. The molecular formula is C21H24Cl2N4O3. The molecular weight excluding hydrogens is 427 g/mol. The minimum atomic E-state index is -0.621. The van der Waals surface area contributed by atoms with Crippen LogP contribution in [0.25, 0.3) is 0 Å². The lowest BCUT2D eigenvalue weighted by molar-refractivity contribution is 0.240. The van der Waals surface area contributed by atoms with Crippen LogP contribution in [0, 0.1) is 0 Å². The van der Waals surface area contributed by atoms with Gasteiger partial charge in [-0.05, 0) is 64.1 Å². The topological polar surface area (TPSA) is 84.3 Å². The molecule has 9 heteroatoms. The molecule has 2 amide bonds. The van der Waals surface area contributed by atoms with E-state index in [1.165, 1.54) is 12.4 Å². The lowest BCUT2D eigenvalue weighted by Crippen LogP contribution is -2.28. The zero-order chi connectivity index (χ0) is 22.1. The molecule has 30 heavy (non-hydrogen) atoms. The van der Waals surface area contributed by atoms with Crippen molar-refractivity contribution in [1.29, 1.82) is 0 Å². The van der Waals surface area contributed by atoms with E-state index in [1.807, 2.05) is 27.7 Å². The van der Waals surface area contributed by atoms with E-state index in [1.54, 1.807) is 36.4 Å². The highest BCUT2D eigenvalue weighted by atomic mass is 35.5. The molecule has 0 bridgehead atoms. The number of carbonyl (C=O) groups excluding carboxylic acids is 1. The lowest BCUT2D eigenvalue weighted by Gasteiger charge is -2.12. The Morgan fingerprint density at radius 2 is 1.23 bits per heavy atom. The molecule has 0 aliphatic carbocycles. The van der Waals surface area contributed by atoms with Crippen LogP contribution in [0.2, 0.25) is 10.0 Å². The van der Waals surface area contributed by atoms with Crippen LogP contribution < -0.4 is 20.3 Å². The van der Waals surface area contributed by atoms with Crippen LogP contribution in [0.5, 0.6) is 11.5 Å². The van der Waals surface area contributed by atoms with Crippen LogP contribution in [0.4, 0.5) is 4.79 Å². The van der Waals surface area contributed by atoms with Gasteiger partial charge >= 0.3 is 6.03 Å². The molecule has 0 spiro atoms. The Balaban J connectivity index is 1.98. The number of hydrazone groups is 2. The molecule has 0 saturated carbocycles. The highest BCUT2D eigenvalue weighted by Crippen LogP contribution is 2.23. The van der Waals surface area contributed by atoms with Crippen LogP contribution in [0.3, 0.4) is 0 Å². The van der Waals surface area contributed by atoms with Gasteiger partial charge in [0.25, 0.3) is 0 Å². The van der Waals surface area contributed by atoms with Gasteiger partial charge in [0.15, 0.2) is 0 Å². The van der Waals surface area contributed by atoms with E-state index in [9.17, 15) is 4.79 Å². The van der Waals surface area contributed by atoms with Crippen LogP contribution >= 0.6 is 23.2 Å². The monoisotopic (exact) mass is 450 g/mol. The number of halogens is 2. The van der Waals surface area contributed by atoms with E-state index >= 15 is 0 Å². The molecule has 0 atom stereocenters. The third kappa shape index (κ3) is 7.93. The molecule has 160 valence electrons. The van der Waals surface area contributed by atoms with Crippen LogP contribution in [-0.4, -0.2) is 30.7 Å². The molecule has 0 aliphatic rings. The van der Waals surface area contributed by atoms with Crippen molar-refractivity contribution in [3.8, 4) is 11.5 Å². The Morgan fingerprint density at radius 1 is 0.833 bits per heavy atom. The summed E-state index contributed by atoms with van der Waals surface area (Å²) in [7, 11) is 0. The third-order valence-corrected chi connectivity index (χ3v) is 3.88. The smallest absolute Gasteiger partial charge is 0.355 e. The maximum absolute atomic E-state index is 11.9. The summed E-state index contributed by atoms with van der Waals surface area (Å²) in [6.45, 7) is 7.65. The number of hydrogen-bond acceptors (Lipinski definition) is 5. The van der Waals surface area contributed by atoms with E-state index in [2.05, 4.69) is 21.1 Å². The number of urea groups is 1. The Bertz CT molecular complexity index is 857. The molecule has 7 nitrogen and oxygen atoms in total. The Labute approximate surface area is 186 Å². The maximum Gasteiger partial charge on any atom is 0.355 e. The van der Waals surface area contributed by atoms with Gasteiger partial charge in [0.2, 0.25) is 0 Å². The minimum absolute atomic E-state index is 0.0139. The number of amides is 2. The van der Waals surface area contributed by atoms with Crippen molar-refractivity contribution in [2.75, 3.05) is 0 Å². The van der Waals surface area contributed by atoms with Gasteiger partial charge in [-0.2, -0.15) is 10.2 Å². The number of carbonyl (C=O) groups is 1. The molecule has 0 fully saturated rings. The number of nitrogens with one attached hydrogen (secondary N) is 2. The second-order valence-corrected chi connectivity index (χ2v) is 7.64. The summed E-state index contributed by atoms with van der Waals surface area (Å²) in [5.74, 6) is 1.22. The van der Waals surface area contributed by atoms with E-state index in [0.29, 0.717) is 32.7 Å². The van der Waals surface area contributed by atoms with Gasteiger partial charge in [0.05, 0.1) is 24.6 Å². The molecule has 2 rings (SSSR count). The van der Waals surface area contributed by atoms with Gasteiger partial charge in [-0.1, -0.05) is 23.2 Å². The normalized spacial score (nSPS) is 11.5. The summed E-state index contributed by atoms with van der Waals surface area (Å²) in [4.78, 5) is 11.9. The summed E-state index contributed by atoms with van der Waals surface area (Å²) < 4.78 is 11.4. The summed E-state index contributed by atoms with van der Waals surface area (Å²) in [5.41, 5.74) is 5.92. The van der Waals surface area contributed by atoms with Crippen molar-refractivity contribution >= 4 is 41.7 Å². The Kier molecular flexibility index (Phi) is 8.95. The third-order valence-electron chi connectivity index (χ3n) is 3.41. The average Bonchev–Trinajstić information content (AvgIpc) is 2.65. The van der Waals surface area contributed by atoms with Crippen molar-refractivity contribution < 1.29 is 14.3 Å². The van der Waals surface area contributed by atoms with E-state index < -0.39 is 6.03 Å². The highest BCUT2D eigenvalue weighted by molar-refractivity contribution is 6.31. The fourth-order valence-electron chi connectivity index (χ4n) is 2.31. The van der Waals surface area contributed by atoms with Gasteiger partial charge in [-0.15, -0.1) is 0 Å². The van der Waals surface area contributed by atoms with Crippen molar-refractivity contribution in [2.45, 2.75) is 39.9 Å². The number of rotatable bonds is 8. The van der Waals surface area contributed by atoms with Gasteiger partial charge in [0, 0.05) is 21.2 Å². The summed E-state index contributed by atoms with van der Waals surface area (Å²) in [6.07, 6.45) is 2.86. The SMILES string of the molecule is CC(C)Oc1ccc(Cl)cc1/C=N\NC(=O)N/N=C/c1cc(Cl)ccc1OC(C)C. The predicted molar refractivity (Wildman–Crippen MR) is 121 cm³/mol. The fraction of sp³-hybridized carbons (Fsp3) is 0.286. The molecule has 0 aliphatic heterocycles. The van der Waals surface area contributed by atoms with Crippen molar-refractivity contribution in [3.63, 3.8) is 0 Å². The first-order valence-electron chi connectivity index (χ1n) is 9.29. The predicted octanol–water partition coefficient (Wildman–Crippen LogP) is 5.24. The largest absolute Gasteiger partial charge is 0.490 e. The standard InChI is InChI=1S/C21H24Cl2N4O3/c1-13(2)29-19-7-5-17(22)9-15(19)11-24-26-21(28)27-25-12-16-10-18(23)6-8-20(16)30-14(3)4/h5-14H,1-4H3,(H2,26,27,28)/b24-11-,25-12+. The van der Waals surface area contributed by atoms with Gasteiger partial charge in [-0.25, -0.2) is 15.6 Å². The van der Waals surface area contributed by atoms with Gasteiger partial charge in [0.1, 0.15) is 11.5 Å². The van der Waals surface area contributed by atoms with E-state index in [4.69, 9.17) is 32.7 Å². The molecule has 0 unspecified atom stereocenters. The lowest BCUT2D eigenvalue weighted by atomic mass is 10.2. The van der Waals surface area contributed by atoms with Crippen molar-refractivity contribution in [2.24, 2.45) is 10.2 Å². The maximum atomic E-state index is 11.9. The molecule has 0 saturated heterocycles. The summed E-state index contributed by atoms with van der Waals surface area (Å²) in [5, 5.41) is 8.86. The summed E-state index contributed by atoms with van der Waals surface area (Å²) >= 11 is 12.0. The molecule has 2 N–H and O–H groups in total. The van der Waals surface area contributed by atoms with Crippen molar-refractivity contribution in [1.82, 2.24) is 10.9 Å². The molecule has 2 aromatic carbocycles. The number of hydrogen-bond donors (Lipinski definition) is 2. The quantitative estimate of drug-likeness (QED) is 0.426. The fourth-order valence-corrected chi connectivity index (χ4v) is 2.67. The Morgan fingerprint density at radius 3 is 1.60 bits per heavy atom. The number of nitrogens with zero attached hydrogens (tertiary/aromatic N) is 2. The Hall–Kier alpha value is -2.77. The van der Waals surface area contributed by atoms with Crippen LogP contribution in [-0.2, 0) is 0 Å². The van der Waals surface area contributed by atoms with Gasteiger partial charge in [-0.3, -0.25) is 0 Å². The first kappa shape index (κ1) is 23.5. The highest BCUT2D eigenvalue weighted by Gasteiger charge is 2.06. The number of ether oxygens (including phenoxy) is 2. The van der Waals surface area contributed by atoms with Crippen molar-refractivity contribution in [3.05, 3.63) is 57.6 Å². The van der Waals surface area contributed by atoms with E-state index in [0.717, 1.165) is 0 Å². The first-order valence-corrected chi connectivity index (χ1v) is 10.0. The van der Waals surface area contributed by atoms with Gasteiger partial charge < -0.3 is 9.47 Å². The second-order valence-electron chi connectivity index (χ2n) is 6.77. The van der Waals surface area contributed by atoms with Crippen LogP contribution in [0.15, 0.2) is 46.6 Å². The van der Waals surface area contributed by atoms with E-state index in [-0.39, 0.29) is 12.2 Å². The molecule has 0 aromatic heterocycles. The molecule has 0 heterocycles. The molecule has 2 aromatic rings. The first-order chi connectivity index (χ1) is 14.2. The van der Waals surface area contributed by atoms with Crippen LogP contribution in [0.1, 0.15) is 38.8 Å². The second kappa shape index (κ2) is 11.4. The minimum Gasteiger partial charge on any atom is -0.490 e. The average molecular weight is 451 g/mol. The molecule has 0 radical (unpaired) electrons. The zero-order valence-corrected chi connectivity index (χ0v) is 18.7. The zero-order valence-electron chi connectivity index (χ0n) is 17.1. The summed E-state index contributed by atoms with van der Waals surface area (Å²) in [6, 6.07) is 9.69.